The summed E-state index contributed by atoms with van der Waals surface area (Å²) in [6, 6.07) is 22.4. The van der Waals surface area contributed by atoms with E-state index < -0.39 is 12.0 Å². The van der Waals surface area contributed by atoms with Gasteiger partial charge in [-0.1, -0.05) is 42.5 Å². The summed E-state index contributed by atoms with van der Waals surface area (Å²) in [6.45, 7) is 0. The van der Waals surface area contributed by atoms with E-state index in [9.17, 15) is 15.2 Å². The molecule has 0 spiro atoms. The third-order valence-electron chi connectivity index (χ3n) is 4.36. The number of benzene rings is 3. The molecule has 1 unspecified atom stereocenters. The Bertz CT molecular complexity index is 1070. The number of anilines is 1. The van der Waals surface area contributed by atoms with Gasteiger partial charge in [0.05, 0.1) is 11.6 Å². The number of carboxylic acid groups (broad SMARTS) is 1. The maximum absolute atomic E-state index is 11.6. The molecule has 0 fully saturated rings. The molecule has 0 aliphatic heterocycles. The number of nitrogen functional groups attached to an aromatic ring is 1. The van der Waals surface area contributed by atoms with Gasteiger partial charge in [-0.15, -0.1) is 12.4 Å². The summed E-state index contributed by atoms with van der Waals surface area (Å²) in [5, 5.41) is 29.9. The Morgan fingerprint density at radius 3 is 2.17 bits per heavy atom. The van der Waals surface area contributed by atoms with E-state index in [2.05, 4.69) is 11.4 Å². The van der Waals surface area contributed by atoms with Gasteiger partial charge in [0.15, 0.2) is 0 Å². The summed E-state index contributed by atoms with van der Waals surface area (Å²) in [6.07, 6.45) is 0. The van der Waals surface area contributed by atoms with E-state index in [0.717, 1.165) is 0 Å². The highest BCUT2D eigenvalue weighted by atomic mass is 35.5. The van der Waals surface area contributed by atoms with Crippen molar-refractivity contribution in [1.29, 1.82) is 10.7 Å². The van der Waals surface area contributed by atoms with Crippen LogP contribution in [0.4, 0.5) is 5.69 Å². The van der Waals surface area contributed by atoms with Gasteiger partial charge in [0, 0.05) is 11.3 Å². The van der Waals surface area contributed by atoms with E-state index in [1.807, 2.05) is 18.2 Å². The third-order valence-corrected chi connectivity index (χ3v) is 4.36. The fourth-order valence-electron chi connectivity index (χ4n) is 2.99. The van der Waals surface area contributed by atoms with Gasteiger partial charge in [0.2, 0.25) is 0 Å². The van der Waals surface area contributed by atoms with E-state index in [0.29, 0.717) is 27.9 Å². The minimum absolute atomic E-state index is 0. The summed E-state index contributed by atoms with van der Waals surface area (Å²) in [7, 11) is 0. The van der Waals surface area contributed by atoms with Crippen molar-refractivity contribution < 1.29 is 9.90 Å². The summed E-state index contributed by atoms with van der Waals surface area (Å²) in [5.74, 6) is -1.05. The zero-order valence-corrected chi connectivity index (χ0v) is 16.1. The highest BCUT2D eigenvalue weighted by molar-refractivity contribution is 5.97. The van der Waals surface area contributed by atoms with Crippen LogP contribution in [0, 0.1) is 16.7 Å². The first-order valence-corrected chi connectivity index (χ1v) is 8.53. The van der Waals surface area contributed by atoms with E-state index in [1.54, 1.807) is 54.6 Å². The Hall–Kier alpha value is -3.82. The molecule has 7 heteroatoms. The van der Waals surface area contributed by atoms with Crippen molar-refractivity contribution in [1.82, 2.24) is 0 Å². The Kier molecular flexibility index (Phi) is 6.96. The van der Waals surface area contributed by atoms with Crippen molar-refractivity contribution in [3.63, 3.8) is 0 Å². The average Bonchev–Trinajstić information content (AvgIpc) is 2.72. The molecule has 146 valence electrons. The van der Waals surface area contributed by atoms with Crippen molar-refractivity contribution >= 4 is 29.9 Å². The lowest BCUT2D eigenvalue weighted by Gasteiger charge is -2.18. The summed E-state index contributed by atoms with van der Waals surface area (Å²) in [5.41, 5.74) is 8.84. The lowest BCUT2D eigenvalue weighted by atomic mass is 9.92. The van der Waals surface area contributed by atoms with Crippen molar-refractivity contribution in [2.45, 2.75) is 6.04 Å². The number of hydrogen-bond acceptors (Lipinski definition) is 4. The highest BCUT2D eigenvalue weighted by Gasteiger charge is 2.19. The monoisotopic (exact) mass is 406 g/mol. The fraction of sp³-hybridized carbons (Fsp3) is 0.0455. The Morgan fingerprint density at radius 2 is 1.59 bits per heavy atom. The van der Waals surface area contributed by atoms with Gasteiger partial charge in [-0.25, -0.2) is 4.79 Å². The largest absolute Gasteiger partial charge is 0.478 e. The van der Waals surface area contributed by atoms with Gasteiger partial charge in [0.1, 0.15) is 11.9 Å². The fourth-order valence-corrected chi connectivity index (χ4v) is 2.99. The second kappa shape index (κ2) is 9.40. The van der Waals surface area contributed by atoms with E-state index in [1.165, 1.54) is 0 Å². The average molecular weight is 407 g/mol. The number of rotatable bonds is 6. The molecule has 0 saturated heterocycles. The van der Waals surface area contributed by atoms with Crippen LogP contribution in [0.1, 0.15) is 27.5 Å². The molecule has 6 nitrogen and oxygen atoms in total. The van der Waals surface area contributed by atoms with Crippen LogP contribution in [0.3, 0.4) is 0 Å². The Labute approximate surface area is 174 Å². The van der Waals surface area contributed by atoms with E-state index in [-0.39, 0.29) is 23.8 Å². The number of carbonyl (C=O) groups is 1. The lowest BCUT2D eigenvalue weighted by molar-refractivity contribution is 0.0697. The predicted octanol–water partition coefficient (Wildman–Crippen LogP) is 4.43. The lowest BCUT2D eigenvalue weighted by Crippen LogP contribution is -2.12. The van der Waals surface area contributed by atoms with Gasteiger partial charge in [-0.3, -0.25) is 5.41 Å². The molecule has 0 saturated carbocycles. The molecule has 0 aliphatic rings. The van der Waals surface area contributed by atoms with Gasteiger partial charge in [0.25, 0.3) is 0 Å². The maximum Gasteiger partial charge on any atom is 0.336 e. The molecular formula is C22H19ClN4O2. The molecule has 0 heterocycles. The second-order valence-electron chi connectivity index (χ2n) is 6.14. The maximum atomic E-state index is 11.6. The number of carboxylic acids is 1. The molecule has 0 aromatic heterocycles. The molecule has 1 atom stereocenters. The summed E-state index contributed by atoms with van der Waals surface area (Å²) >= 11 is 0. The molecular weight excluding hydrogens is 388 g/mol. The minimum atomic E-state index is -1.02. The zero-order chi connectivity index (χ0) is 20.1. The smallest absolute Gasteiger partial charge is 0.336 e. The molecule has 3 aromatic rings. The number of aromatic carboxylic acids is 1. The Morgan fingerprint density at radius 1 is 1.00 bits per heavy atom. The van der Waals surface area contributed by atoms with Crippen LogP contribution in [-0.2, 0) is 0 Å². The molecule has 0 aliphatic carbocycles. The molecule has 29 heavy (non-hydrogen) atoms. The van der Waals surface area contributed by atoms with Crippen molar-refractivity contribution in [3.05, 3.63) is 89.5 Å². The minimum Gasteiger partial charge on any atom is -0.478 e. The molecule has 3 rings (SSSR count). The number of nitrogens with zero attached hydrogens (tertiary/aromatic N) is 1. The first-order valence-electron chi connectivity index (χ1n) is 8.53. The molecule has 0 radical (unpaired) electrons. The molecule has 3 aromatic carbocycles. The number of nitrogens with two attached hydrogens (primary N) is 1. The van der Waals surface area contributed by atoms with Crippen LogP contribution >= 0.6 is 12.4 Å². The topological polar surface area (TPSA) is 123 Å². The number of halogens is 1. The van der Waals surface area contributed by atoms with Crippen molar-refractivity contribution in [2.75, 3.05) is 5.32 Å². The quantitative estimate of drug-likeness (QED) is 0.356. The van der Waals surface area contributed by atoms with Gasteiger partial charge in [-0.2, -0.15) is 5.26 Å². The molecule has 5 N–H and O–H groups in total. The van der Waals surface area contributed by atoms with Crippen molar-refractivity contribution in [2.24, 2.45) is 5.73 Å². The van der Waals surface area contributed by atoms with Crippen LogP contribution in [0.2, 0.25) is 0 Å². The number of amidine groups is 1. The van der Waals surface area contributed by atoms with Gasteiger partial charge >= 0.3 is 5.97 Å². The number of hydrogen-bond donors (Lipinski definition) is 4. The van der Waals surface area contributed by atoms with Crippen LogP contribution in [0.5, 0.6) is 0 Å². The predicted molar refractivity (Wildman–Crippen MR) is 116 cm³/mol. The molecule has 0 bridgehead atoms. The zero-order valence-electron chi connectivity index (χ0n) is 15.3. The normalized spacial score (nSPS) is 10.9. The summed E-state index contributed by atoms with van der Waals surface area (Å²) < 4.78 is 0. The molecule has 0 amide bonds. The van der Waals surface area contributed by atoms with Crippen LogP contribution in [-0.4, -0.2) is 16.9 Å². The first-order chi connectivity index (χ1) is 13.5. The third kappa shape index (κ3) is 4.72. The Balaban J connectivity index is 0.00000300. The summed E-state index contributed by atoms with van der Waals surface area (Å²) in [4.78, 5) is 11.6. The number of nitriles is 1. The second-order valence-corrected chi connectivity index (χ2v) is 6.14. The first kappa shape index (κ1) is 21.5. The van der Waals surface area contributed by atoms with E-state index in [4.69, 9.17) is 11.1 Å². The van der Waals surface area contributed by atoms with Crippen LogP contribution in [0.25, 0.3) is 11.1 Å². The standard InChI is InChI=1S/C22H18N4O2.ClH/c23-13-20(26-15-11-9-14(10-12-15)21(24)25)18-7-3-1-5-16(18)17-6-2-4-8-19(17)22(27)28;/h1-12,20,26H,(H3,24,25)(H,27,28);1H. The highest BCUT2D eigenvalue weighted by Crippen LogP contribution is 2.32. The SMILES string of the molecule is Cl.N#CC(Nc1ccc(C(=N)N)cc1)c1ccccc1-c1ccccc1C(=O)O. The van der Waals surface area contributed by atoms with Crippen LogP contribution < -0.4 is 11.1 Å². The van der Waals surface area contributed by atoms with Crippen molar-refractivity contribution in [3.8, 4) is 17.2 Å². The van der Waals surface area contributed by atoms with Gasteiger partial charge in [-0.05, 0) is 47.0 Å². The number of nitrogens with one attached hydrogen (secondary N) is 2. The van der Waals surface area contributed by atoms with E-state index >= 15 is 0 Å². The van der Waals surface area contributed by atoms with Crippen LogP contribution in [0.15, 0.2) is 72.8 Å². The van der Waals surface area contributed by atoms with Gasteiger partial charge < -0.3 is 16.2 Å².